The molecular weight excluding hydrogens is 542 g/mol. The van der Waals surface area contributed by atoms with Gasteiger partial charge >= 0.3 is 0 Å². The van der Waals surface area contributed by atoms with Crippen LogP contribution in [0, 0.1) is 5.92 Å². The van der Waals surface area contributed by atoms with Crippen molar-refractivity contribution in [3.05, 3.63) is 90.5 Å². The van der Waals surface area contributed by atoms with Crippen LogP contribution in [0.25, 0.3) is 0 Å². The fourth-order valence-corrected chi connectivity index (χ4v) is 9.77. The number of carbonyl (C=O) groups is 1. The zero-order valence-electron chi connectivity index (χ0n) is 22.3. The molecule has 3 aromatic carbocycles. The summed E-state index contributed by atoms with van der Waals surface area (Å²) in [5, 5.41) is 0.399. The van der Waals surface area contributed by atoms with Gasteiger partial charge in [-0.1, -0.05) is 60.3 Å². The molecule has 1 amide bonds. The van der Waals surface area contributed by atoms with E-state index in [4.69, 9.17) is 4.74 Å². The lowest BCUT2D eigenvalue weighted by molar-refractivity contribution is -0.119. The first-order valence-electron chi connectivity index (χ1n) is 13.8. The normalized spacial score (nSPS) is 23.4. The molecule has 2 atom stereocenters. The van der Waals surface area contributed by atoms with E-state index in [1.54, 1.807) is 12.1 Å². The third-order valence-corrected chi connectivity index (χ3v) is 11.1. The molecule has 0 saturated carbocycles. The van der Waals surface area contributed by atoms with Crippen LogP contribution in [0.3, 0.4) is 0 Å². The van der Waals surface area contributed by atoms with Crippen molar-refractivity contribution in [2.75, 3.05) is 41.0 Å². The van der Waals surface area contributed by atoms with Crippen LogP contribution in [0.5, 0.6) is 5.75 Å². The molecule has 0 N–H and O–H groups in total. The smallest absolute Gasteiger partial charge is 0.285 e. The topological polar surface area (TPSA) is 79.3 Å². The summed E-state index contributed by atoms with van der Waals surface area (Å²) in [4.78, 5) is 21.5. The molecule has 0 spiro atoms. The van der Waals surface area contributed by atoms with Gasteiger partial charge in [-0.15, -0.1) is 0 Å². The Morgan fingerprint density at radius 2 is 1.52 bits per heavy atom. The molecule has 3 aliphatic heterocycles. The van der Waals surface area contributed by atoms with Gasteiger partial charge in [-0.2, -0.15) is 4.99 Å². The summed E-state index contributed by atoms with van der Waals surface area (Å²) in [7, 11) is -3.13. The Hall–Kier alpha value is -3.30. The maximum atomic E-state index is 12.7. The van der Waals surface area contributed by atoms with Crippen LogP contribution in [0.2, 0.25) is 0 Å². The van der Waals surface area contributed by atoms with Gasteiger partial charge in [0.15, 0.2) is 21.6 Å². The zero-order chi connectivity index (χ0) is 27.5. The van der Waals surface area contributed by atoms with E-state index in [0.29, 0.717) is 16.8 Å². The lowest BCUT2D eigenvalue weighted by Crippen LogP contribution is -2.38. The van der Waals surface area contributed by atoms with Crippen LogP contribution in [0.4, 0.5) is 11.4 Å². The number of rotatable bonds is 7. The number of amidine groups is 1. The summed E-state index contributed by atoms with van der Waals surface area (Å²) < 4.78 is 30.5. The first-order valence-corrected chi connectivity index (χ1v) is 16.5. The fourth-order valence-electron chi connectivity index (χ4n) is 5.83. The Morgan fingerprint density at radius 3 is 2.23 bits per heavy atom. The first kappa shape index (κ1) is 26.9. The molecule has 3 aromatic rings. The van der Waals surface area contributed by atoms with Gasteiger partial charge in [0.1, 0.15) is 5.75 Å². The minimum Gasteiger partial charge on any atom is -0.484 e. The van der Waals surface area contributed by atoms with Gasteiger partial charge in [0.05, 0.1) is 17.5 Å². The van der Waals surface area contributed by atoms with Gasteiger partial charge in [0, 0.05) is 29.7 Å². The van der Waals surface area contributed by atoms with Gasteiger partial charge in [-0.05, 0) is 67.1 Å². The molecule has 3 saturated heterocycles. The van der Waals surface area contributed by atoms with E-state index in [1.807, 2.05) is 35.2 Å². The van der Waals surface area contributed by atoms with E-state index in [1.165, 1.54) is 17.3 Å². The van der Waals surface area contributed by atoms with Crippen molar-refractivity contribution in [3.8, 4) is 5.75 Å². The maximum Gasteiger partial charge on any atom is 0.285 e. The molecule has 0 bridgehead atoms. The number of ether oxygens (including phenoxy) is 1. The van der Waals surface area contributed by atoms with E-state index < -0.39 is 15.7 Å². The summed E-state index contributed by atoms with van der Waals surface area (Å²) in [6.07, 6.45) is 3.44. The molecule has 3 fully saturated rings. The Balaban J connectivity index is 1.14. The van der Waals surface area contributed by atoms with Crippen LogP contribution in [-0.4, -0.2) is 62.0 Å². The summed E-state index contributed by atoms with van der Waals surface area (Å²) >= 11 is 1.38. The molecule has 7 nitrogen and oxygen atoms in total. The second-order valence-corrected chi connectivity index (χ2v) is 14.1. The molecule has 0 unspecified atom stereocenters. The lowest BCUT2D eigenvalue weighted by atomic mass is 9.90. The highest BCUT2D eigenvalue weighted by Crippen LogP contribution is 2.41. The van der Waals surface area contributed by atoms with Crippen LogP contribution in [0.15, 0.2) is 89.9 Å². The molecule has 6 rings (SSSR count). The lowest BCUT2D eigenvalue weighted by Gasteiger charge is -2.34. The van der Waals surface area contributed by atoms with E-state index in [2.05, 4.69) is 52.4 Å². The van der Waals surface area contributed by atoms with Crippen molar-refractivity contribution in [3.63, 3.8) is 0 Å². The van der Waals surface area contributed by atoms with E-state index >= 15 is 0 Å². The van der Waals surface area contributed by atoms with Crippen molar-refractivity contribution < 1.29 is 17.9 Å². The number of para-hydroxylation sites is 1. The molecule has 208 valence electrons. The number of benzene rings is 3. The average Bonchev–Trinajstić information content (AvgIpc) is 3.44. The standard InChI is InChI=1S/C31H33N3O4S2/c35-30(20-38-27-9-5-2-6-10-27)32-31-34(28-21-40(36,37)22-29(28)39-31)26-13-11-25(12-14-26)33-17-15-24(16-18-33)19-23-7-3-1-4-8-23/h1-14,24,28-29H,15-22H2/t28-,29-/m1/s1. The molecule has 3 heterocycles. The highest BCUT2D eigenvalue weighted by atomic mass is 32.2. The highest BCUT2D eigenvalue weighted by Gasteiger charge is 2.49. The summed E-state index contributed by atoms with van der Waals surface area (Å²) in [6, 6.07) is 27.9. The molecular formula is C31H33N3O4S2. The quantitative estimate of drug-likeness (QED) is 0.400. The largest absolute Gasteiger partial charge is 0.484 e. The number of sulfone groups is 1. The monoisotopic (exact) mass is 575 g/mol. The molecule has 0 aliphatic carbocycles. The molecule has 9 heteroatoms. The van der Waals surface area contributed by atoms with Crippen molar-refractivity contribution in [2.24, 2.45) is 10.9 Å². The Kier molecular flexibility index (Phi) is 7.85. The fraction of sp³-hybridized carbons (Fsp3) is 0.355. The van der Waals surface area contributed by atoms with Crippen molar-refractivity contribution in [1.29, 1.82) is 0 Å². The summed E-state index contributed by atoms with van der Waals surface area (Å²) in [5.41, 5.74) is 3.43. The molecule has 0 radical (unpaired) electrons. The van der Waals surface area contributed by atoms with Crippen LogP contribution in [0.1, 0.15) is 18.4 Å². The van der Waals surface area contributed by atoms with Crippen LogP contribution in [-0.2, 0) is 21.1 Å². The van der Waals surface area contributed by atoms with E-state index in [9.17, 15) is 13.2 Å². The molecule has 40 heavy (non-hydrogen) atoms. The number of fused-ring (bicyclic) bond motifs is 1. The van der Waals surface area contributed by atoms with Crippen LogP contribution < -0.4 is 14.5 Å². The van der Waals surface area contributed by atoms with Gasteiger partial charge in [-0.3, -0.25) is 4.79 Å². The van der Waals surface area contributed by atoms with Gasteiger partial charge in [0.2, 0.25) is 0 Å². The number of amides is 1. The second kappa shape index (κ2) is 11.7. The average molecular weight is 576 g/mol. The number of hydrogen-bond acceptors (Lipinski definition) is 6. The maximum absolute atomic E-state index is 12.7. The van der Waals surface area contributed by atoms with Crippen molar-refractivity contribution in [2.45, 2.75) is 30.6 Å². The predicted molar refractivity (Wildman–Crippen MR) is 162 cm³/mol. The first-order chi connectivity index (χ1) is 19.4. The second-order valence-electron chi connectivity index (χ2n) is 10.7. The summed E-state index contributed by atoms with van der Waals surface area (Å²) in [5.74, 6) is 1.07. The van der Waals surface area contributed by atoms with Crippen LogP contribution >= 0.6 is 11.8 Å². The van der Waals surface area contributed by atoms with Gasteiger partial charge in [-0.25, -0.2) is 8.42 Å². The Bertz CT molecular complexity index is 1460. The highest BCUT2D eigenvalue weighted by molar-refractivity contribution is 8.16. The number of aliphatic imine (C=N–C) groups is 1. The number of piperidine rings is 1. The number of nitrogens with zero attached hydrogens (tertiary/aromatic N) is 3. The SMILES string of the molecule is O=C(COc1ccccc1)N=C1S[C@@H]2CS(=O)(=O)C[C@H]2N1c1ccc(N2CCC(Cc3ccccc3)CC2)cc1. The number of anilines is 2. The van der Waals surface area contributed by atoms with Gasteiger partial charge in [0.25, 0.3) is 5.91 Å². The Labute approximate surface area is 240 Å². The van der Waals surface area contributed by atoms with E-state index in [0.717, 1.165) is 43.7 Å². The third kappa shape index (κ3) is 6.20. The minimum atomic E-state index is -3.13. The molecule has 0 aromatic heterocycles. The number of carbonyl (C=O) groups excluding carboxylic acids is 1. The minimum absolute atomic E-state index is 0.0646. The van der Waals surface area contributed by atoms with E-state index in [-0.39, 0.29) is 29.4 Å². The predicted octanol–water partition coefficient (Wildman–Crippen LogP) is 4.83. The number of thioether (sulfide) groups is 1. The van der Waals surface area contributed by atoms with Crippen molar-refractivity contribution >= 4 is 44.0 Å². The van der Waals surface area contributed by atoms with Gasteiger partial charge < -0.3 is 14.5 Å². The summed E-state index contributed by atoms with van der Waals surface area (Å²) in [6.45, 7) is 1.86. The van der Waals surface area contributed by atoms with Crippen molar-refractivity contribution in [1.82, 2.24) is 0 Å². The third-order valence-electron chi connectivity index (χ3n) is 7.87. The zero-order valence-corrected chi connectivity index (χ0v) is 23.9. The number of hydrogen-bond donors (Lipinski definition) is 0. The Morgan fingerprint density at radius 1 is 0.875 bits per heavy atom. The molecule has 3 aliphatic rings.